The minimum absolute atomic E-state index is 0.0197. The fourth-order valence-corrected chi connectivity index (χ4v) is 2.26. The number of hydrogen-bond donors (Lipinski definition) is 1. The Hall–Kier alpha value is -2.02. The molecule has 1 saturated heterocycles. The maximum absolute atomic E-state index is 12.0. The zero-order valence-corrected chi connectivity index (χ0v) is 11.1. The van der Waals surface area contributed by atoms with Crippen LogP contribution >= 0.6 is 0 Å². The Morgan fingerprint density at radius 1 is 1.16 bits per heavy atom. The molecule has 0 aromatic heterocycles. The molecule has 1 heterocycles. The van der Waals surface area contributed by atoms with Crippen molar-refractivity contribution in [3.05, 3.63) is 35.4 Å². The molecule has 0 aliphatic carbocycles. The van der Waals surface area contributed by atoms with E-state index in [-0.39, 0.29) is 6.03 Å². The Labute approximate surface area is 114 Å². The summed E-state index contributed by atoms with van der Waals surface area (Å²) in [6.45, 7) is 2.24. The molecular formula is C15H19N3O. The Bertz CT molecular complexity index is 453. The highest BCUT2D eigenvalue weighted by atomic mass is 16.2. The number of nitrogens with one attached hydrogen (secondary N) is 1. The number of nitrogens with zero attached hydrogens (tertiary/aromatic N) is 2. The van der Waals surface area contributed by atoms with Crippen LogP contribution in [0, 0.1) is 11.3 Å². The van der Waals surface area contributed by atoms with E-state index in [1.165, 1.54) is 12.8 Å². The second-order valence-corrected chi connectivity index (χ2v) is 4.87. The van der Waals surface area contributed by atoms with Gasteiger partial charge in [0.05, 0.1) is 11.6 Å². The fourth-order valence-electron chi connectivity index (χ4n) is 2.26. The smallest absolute Gasteiger partial charge is 0.317 e. The van der Waals surface area contributed by atoms with Gasteiger partial charge in [0.1, 0.15) is 0 Å². The molecule has 0 atom stereocenters. The molecule has 4 heteroatoms. The average Bonchev–Trinajstić information content (AvgIpc) is 2.74. The molecule has 4 nitrogen and oxygen atoms in total. The molecule has 0 unspecified atom stereocenters. The van der Waals surface area contributed by atoms with E-state index in [0.717, 1.165) is 31.5 Å². The van der Waals surface area contributed by atoms with E-state index in [0.29, 0.717) is 12.1 Å². The first-order chi connectivity index (χ1) is 9.29. The number of amides is 2. The minimum Gasteiger partial charge on any atom is -0.334 e. The van der Waals surface area contributed by atoms with E-state index in [2.05, 4.69) is 11.4 Å². The summed E-state index contributed by atoms with van der Waals surface area (Å²) in [5.74, 6) is 0. The van der Waals surface area contributed by atoms with Crippen LogP contribution in [0.1, 0.15) is 36.8 Å². The molecule has 1 aliphatic heterocycles. The predicted octanol–water partition coefficient (Wildman–Crippen LogP) is 2.64. The normalized spacial score (nSPS) is 15.4. The highest BCUT2D eigenvalue weighted by Gasteiger charge is 2.14. The summed E-state index contributed by atoms with van der Waals surface area (Å²) in [5.41, 5.74) is 1.66. The zero-order chi connectivity index (χ0) is 13.5. The van der Waals surface area contributed by atoms with Crippen LogP contribution in [0.15, 0.2) is 24.3 Å². The molecule has 0 radical (unpaired) electrons. The fraction of sp³-hybridized carbons (Fsp3) is 0.467. The lowest BCUT2D eigenvalue weighted by atomic mass is 10.1. The average molecular weight is 257 g/mol. The first-order valence-electron chi connectivity index (χ1n) is 6.81. The van der Waals surface area contributed by atoms with Gasteiger partial charge in [0.25, 0.3) is 0 Å². The molecule has 19 heavy (non-hydrogen) atoms. The van der Waals surface area contributed by atoms with E-state index in [1.54, 1.807) is 12.1 Å². The van der Waals surface area contributed by atoms with Crippen LogP contribution < -0.4 is 5.32 Å². The Morgan fingerprint density at radius 3 is 2.37 bits per heavy atom. The van der Waals surface area contributed by atoms with Gasteiger partial charge in [-0.3, -0.25) is 0 Å². The number of hydrogen-bond acceptors (Lipinski definition) is 2. The molecule has 2 amide bonds. The van der Waals surface area contributed by atoms with Gasteiger partial charge in [-0.25, -0.2) is 4.79 Å². The Morgan fingerprint density at radius 2 is 1.79 bits per heavy atom. The highest BCUT2D eigenvalue weighted by molar-refractivity contribution is 5.74. The molecular weight excluding hydrogens is 238 g/mol. The summed E-state index contributed by atoms with van der Waals surface area (Å²) in [7, 11) is 0. The maximum atomic E-state index is 12.0. The molecule has 1 aliphatic rings. The van der Waals surface area contributed by atoms with Crippen LogP contribution in [0.3, 0.4) is 0 Å². The number of likely N-dealkylation sites (tertiary alicyclic amines) is 1. The van der Waals surface area contributed by atoms with Crippen LogP contribution in [0.5, 0.6) is 0 Å². The number of benzene rings is 1. The third-order valence-electron chi connectivity index (χ3n) is 3.42. The lowest BCUT2D eigenvalue weighted by Crippen LogP contribution is -2.40. The van der Waals surface area contributed by atoms with E-state index in [1.807, 2.05) is 17.0 Å². The highest BCUT2D eigenvalue weighted by Crippen LogP contribution is 2.10. The number of carbonyl (C=O) groups is 1. The standard InChI is InChI=1S/C15H19N3O/c16-11-13-5-7-14(8-6-13)12-17-15(19)18-9-3-1-2-4-10-18/h5-8H,1-4,9-10,12H2,(H,17,19). The van der Waals surface area contributed by atoms with Gasteiger partial charge in [-0.2, -0.15) is 5.26 Å². The summed E-state index contributed by atoms with van der Waals surface area (Å²) in [5, 5.41) is 11.7. The quantitative estimate of drug-likeness (QED) is 0.885. The second-order valence-electron chi connectivity index (χ2n) is 4.87. The number of nitriles is 1. The monoisotopic (exact) mass is 257 g/mol. The van der Waals surface area contributed by atoms with Crippen LogP contribution in [0.25, 0.3) is 0 Å². The van der Waals surface area contributed by atoms with E-state index in [9.17, 15) is 4.79 Å². The molecule has 1 N–H and O–H groups in total. The second kappa shape index (κ2) is 6.79. The summed E-state index contributed by atoms with van der Waals surface area (Å²) >= 11 is 0. The molecule has 1 aromatic rings. The number of carbonyl (C=O) groups excluding carboxylic acids is 1. The van der Waals surface area contributed by atoms with Crippen LogP contribution in [-0.2, 0) is 6.54 Å². The van der Waals surface area contributed by atoms with Crippen LogP contribution in [-0.4, -0.2) is 24.0 Å². The SMILES string of the molecule is N#Cc1ccc(CNC(=O)N2CCCCCC2)cc1. The van der Waals surface area contributed by atoms with Crippen molar-refractivity contribution >= 4 is 6.03 Å². The van der Waals surface area contributed by atoms with Crippen molar-refractivity contribution in [3.8, 4) is 6.07 Å². The van der Waals surface area contributed by atoms with Gasteiger partial charge in [0.15, 0.2) is 0 Å². The van der Waals surface area contributed by atoms with Crippen molar-refractivity contribution in [2.45, 2.75) is 32.2 Å². The van der Waals surface area contributed by atoms with Crippen LogP contribution in [0.4, 0.5) is 4.79 Å². The van der Waals surface area contributed by atoms with Gasteiger partial charge < -0.3 is 10.2 Å². The third kappa shape index (κ3) is 3.99. The molecule has 1 aromatic carbocycles. The Kier molecular flexibility index (Phi) is 4.79. The lowest BCUT2D eigenvalue weighted by Gasteiger charge is -2.20. The van der Waals surface area contributed by atoms with Gasteiger partial charge >= 0.3 is 6.03 Å². The summed E-state index contributed by atoms with van der Waals surface area (Å²) in [6.07, 6.45) is 4.65. The van der Waals surface area contributed by atoms with Gasteiger partial charge in [-0.1, -0.05) is 25.0 Å². The van der Waals surface area contributed by atoms with Crippen molar-refractivity contribution in [1.29, 1.82) is 5.26 Å². The number of rotatable bonds is 2. The molecule has 2 rings (SSSR count). The van der Waals surface area contributed by atoms with E-state index >= 15 is 0 Å². The van der Waals surface area contributed by atoms with Crippen molar-refractivity contribution in [1.82, 2.24) is 10.2 Å². The molecule has 0 saturated carbocycles. The van der Waals surface area contributed by atoms with E-state index < -0.39 is 0 Å². The van der Waals surface area contributed by atoms with Gasteiger partial charge in [0.2, 0.25) is 0 Å². The predicted molar refractivity (Wildman–Crippen MR) is 73.4 cm³/mol. The van der Waals surface area contributed by atoms with Crippen molar-refractivity contribution in [2.75, 3.05) is 13.1 Å². The summed E-state index contributed by atoms with van der Waals surface area (Å²) in [4.78, 5) is 13.9. The van der Waals surface area contributed by atoms with Crippen molar-refractivity contribution < 1.29 is 4.79 Å². The van der Waals surface area contributed by atoms with Gasteiger partial charge in [0, 0.05) is 19.6 Å². The first-order valence-corrected chi connectivity index (χ1v) is 6.81. The van der Waals surface area contributed by atoms with Gasteiger partial charge in [-0.15, -0.1) is 0 Å². The topological polar surface area (TPSA) is 56.1 Å². The number of urea groups is 1. The van der Waals surface area contributed by atoms with Crippen molar-refractivity contribution in [3.63, 3.8) is 0 Å². The van der Waals surface area contributed by atoms with Crippen LogP contribution in [0.2, 0.25) is 0 Å². The third-order valence-corrected chi connectivity index (χ3v) is 3.42. The minimum atomic E-state index is 0.0197. The summed E-state index contributed by atoms with van der Waals surface area (Å²) < 4.78 is 0. The zero-order valence-electron chi connectivity index (χ0n) is 11.1. The molecule has 0 bridgehead atoms. The summed E-state index contributed by atoms with van der Waals surface area (Å²) in [6, 6.07) is 9.40. The van der Waals surface area contributed by atoms with Crippen molar-refractivity contribution in [2.24, 2.45) is 0 Å². The molecule has 1 fully saturated rings. The maximum Gasteiger partial charge on any atom is 0.317 e. The first kappa shape index (κ1) is 13.4. The van der Waals surface area contributed by atoms with E-state index in [4.69, 9.17) is 5.26 Å². The molecule has 0 spiro atoms. The largest absolute Gasteiger partial charge is 0.334 e. The Balaban J connectivity index is 1.83. The molecule has 100 valence electrons. The van der Waals surface area contributed by atoms with Gasteiger partial charge in [-0.05, 0) is 30.5 Å². The lowest BCUT2D eigenvalue weighted by molar-refractivity contribution is 0.199.